The van der Waals surface area contributed by atoms with Crippen LogP contribution in [0.3, 0.4) is 0 Å². The maximum absolute atomic E-state index is 13.0. The molecule has 1 saturated heterocycles. The molecule has 0 aliphatic carbocycles. The highest BCUT2D eigenvalue weighted by molar-refractivity contribution is 5.75. The Morgan fingerprint density at radius 3 is 2.48 bits per heavy atom. The molecule has 33 heavy (non-hydrogen) atoms. The first-order valence-electron chi connectivity index (χ1n) is 11.5. The third-order valence-corrected chi connectivity index (χ3v) is 6.51. The molecule has 2 unspecified atom stereocenters. The van der Waals surface area contributed by atoms with E-state index in [0.29, 0.717) is 6.04 Å². The third kappa shape index (κ3) is 5.54. The van der Waals surface area contributed by atoms with Crippen LogP contribution in [0.2, 0.25) is 0 Å². The lowest BCUT2D eigenvalue weighted by atomic mass is 10.0. The smallest absolute Gasteiger partial charge is 0.315 e. The molecule has 174 valence electrons. The Kier molecular flexibility index (Phi) is 7.29. The summed E-state index contributed by atoms with van der Waals surface area (Å²) in [4.78, 5) is 20.0. The van der Waals surface area contributed by atoms with Crippen LogP contribution in [0.25, 0.3) is 0 Å². The highest BCUT2D eigenvalue weighted by Gasteiger charge is 2.26. The number of rotatable bonds is 7. The van der Waals surface area contributed by atoms with Gasteiger partial charge in [-0.1, -0.05) is 42.5 Å². The number of methoxy groups -OCH3 is 1. The van der Waals surface area contributed by atoms with Crippen molar-refractivity contribution in [2.24, 2.45) is 7.05 Å². The van der Waals surface area contributed by atoms with E-state index in [1.807, 2.05) is 42.1 Å². The van der Waals surface area contributed by atoms with Crippen LogP contribution in [0, 0.1) is 0 Å². The van der Waals surface area contributed by atoms with E-state index in [1.54, 1.807) is 13.3 Å². The highest BCUT2D eigenvalue weighted by atomic mass is 16.5. The van der Waals surface area contributed by atoms with E-state index in [1.165, 1.54) is 5.56 Å². The molecule has 2 aromatic carbocycles. The summed E-state index contributed by atoms with van der Waals surface area (Å²) in [5, 5.41) is 6.32. The van der Waals surface area contributed by atoms with E-state index in [0.717, 1.165) is 43.1 Å². The van der Waals surface area contributed by atoms with Crippen molar-refractivity contribution in [3.8, 4) is 5.75 Å². The number of imidazole rings is 1. The summed E-state index contributed by atoms with van der Waals surface area (Å²) in [5.41, 5.74) is 2.25. The Morgan fingerprint density at radius 2 is 1.82 bits per heavy atom. The van der Waals surface area contributed by atoms with Gasteiger partial charge in [0, 0.05) is 44.6 Å². The van der Waals surface area contributed by atoms with Gasteiger partial charge in [0.2, 0.25) is 0 Å². The summed E-state index contributed by atoms with van der Waals surface area (Å²) < 4.78 is 7.30. The minimum Gasteiger partial charge on any atom is -0.497 e. The van der Waals surface area contributed by atoms with Crippen molar-refractivity contribution in [3.63, 3.8) is 0 Å². The standard InChI is InChI=1S/C26H33N5O2/c1-19(20-8-5-4-6-9-20)31-15-12-22(13-16-31)28-26(32)29-24(25-27-14-17-30(25)2)21-10-7-11-23(18-21)33-3/h4-11,14,17-19,22,24H,12-13,15-16H2,1-3H3,(H2,28,29,32). The Bertz CT molecular complexity index is 1040. The van der Waals surface area contributed by atoms with Crippen molar-refractivity contribution in [2.75, 3.05) is 20.2 Å². The minimum absolute atomic E-state index is 0.150. The third-order valence-electron chi connectivity index (χ3n) is 6.51. The number of benzene rings is 2. The monoisotopic (exact) mass is 447 g/mol. The van der Waals surface area contributed by atoms with Crippen LogP contribution < -0.4 is 15.4 Å². The molecule has 1 aliphatic rings. The van der Waals surface area contributed by atoms with Gasteiger partial charge in [0.15, 0.2) is 0 Å². The van der Waals surface area contributed by atoms with Gasteiger partial charge < -0.3 is 19.9 Å². The zero-order chi connectivity index (χ0) is 23.2. The maximum Gasteiger partial charge on any atom is 0.315 e. The summed E-state index contributed by atoms with van der Waals surface area (Å²) in [6, 6.07) is 18.3. The minimum atomic E-state index is -0.377. The van der Waals surface area contributed by atoms with Gasteiger partial charge in [-0.2, -0.15) is 0 Å². The first-order chi connectivity index (χ1) is 16.0. The molecule has 1 aliphatic heterocycles. The van der Waals surface area contributed by atoms with Gasteiger partial charge in [-0.3, -0.25) is 4.90 Å². The van der Waals surface area contributed by atoms with Crippen LogP contribution in [0.4, 0.5) is 4.79 Å². The molecule has 2 N–H and O–H groups in total. The van der Waals surface area contributed by atoms with Crippen molar-refractivity contribution < 1.29 is 9.53 Å². The lowest BCUT2D eigenvalue weighted by molar-refractivity contribution is 0.152. The fourth-order valence-corrected chi connectivity index (χ4v) is 4.50. The molecule has 7 nitrogen and oxygen atoms in total. The van der Waals surface area contributed by atoms with Crippen molar-refractivity contribution in [3.05, 3.63) is 83.9 Å². The normalized spacial score (nSPS) is 16.7. The summed E-state index contributed by atoms with van der Waals surface area (Å²) in [6.07, 6.45) is 5.48. The number of urea groups is 1. The van der Waals surface area contributed by atoms with Crippen molar-refractivity contribution in [1.29, 1.82) is 0 Å². The van der Waals surface area contributed by atoms with Crippen molar-refractivity contribution in [2.45, 2.75) is 37.9 Å². The largest absolute Gasteiger partial charge is 0.497 e. The number of likely N-dealkylation sites (tertiary alicyclic amines) is 1. The zero-order valence-electron chi connectivity index (χ0n) is 19.6. The quantitative estimate of drug-likeness (QED) is 0.573. The number of hydrogen-bond donors (Lipinski definition) is 2. The first kappa shape index (κ1) is 22.9. The maximum atomic E-state index is 13.0. The number of nitrogens with one attached hydrogen (secondary N) is 2. The number of amides is 2. The van der Waals surface area contributed by atoms with E-state index in [9.17, 15) is 4.79 Å². The molecule has 1 aromatic heterocycles. The number of carbonyl (C=O) groups is 1. The Morgan fingerprint density at radius 1 is 1.09 bits per heavy atom. The van der Waals surface area contributed by atoms with Crippen LogP contribution >= 0.6 is 0 Å². The number of ether oxygens (including phenoxy) is 1. The number of aromatic nitrogens is 2. The van der Waals surface area contributed by atoms with Gasteiger partial charge in [-0.15, -0.1) is 0 Å². The van der Waals surface area contributed by atoms with Gasteiger partial charge in [0.05, 0.1) is 7.11 Å². The average Bonchev–Trinajstić information content (AvgIpc) is 3.28. The van der Waals surface area contributed by atoms with Crippen molar-refractivity contribution >= 4 is 6.03 Å². The van der Waals surface area contributed by atoms with E-state index in [-0.39, 0.29) is 18.1 Å². The van der Waals surface area contributed by atoms with Crippen LogP contribution in [-0.2, 0) is 7.05 Å². The van der Waals surface area contributed by atoms with E-state index in [2.05, 4.69) is 57.8 Å². The second kappa shape index (κ2) is 10.5. The molecule has 1 fully saturated rings. The number of nitrogens with zero attached hydrogens (tertiary/aromatic N) is 3. The van der Waals surface area contributed by atoms with E-state index < -0.39 is 0 Å². The molecule has 0 saturated carbocycles. The summed E-state index contributed by atoms with van der Waals surface area (Å²) in [7, 11) is 3.57. The van der Waals surface area contributed by atoms with Crippen LogP contribution in [0.5, 0.6) is 5.75 Å². The molecule has 4 rings (SSSR count). The molecule has 0 bridgehead atoms. The number of carbonyl (C=O) groups excluding carboxylic acids is 1. The lowest BCUT2D eigenvalue weighted by Crippen LogP contribution is -2.49. The van der Waals surface area contributed by atoms with Crippen LogP contribution in [-0.4, -0.2) is 46.7 Å². The Labute approximate surface area is 195 Å². The second-order valence-corrected chi connectivity index (χ2v) is 8.62. The van der Waals surface area contributed by atoms with Crippen LogP contribution in [0.1, 0.15) is 48.8 Å². The molecular weight excluding hydrogens is 414 g/mol. The van der Waals surface area contributed by atoms with E-state index >= 15 is 0 Å². The zero-order valence-corrected chi connectivity index (χ0v) is 19.6. The van der Waals surface area contributed by atoms with Gasteiger partial charge in [-0.05, 0) is 43.0 Å². The first-order valence-corrected chi connectivity index (χ1v) is 11.5. The topological polar surface area (TPSA) is 71.4 Å². The van der Waals surface area contributed by atoms with Gasteiger partial charge in [0.25, 0.3) is 0 Å². The van der Waals surface area contributed by atoms with Gasteiger partial charge >= 0.3 is 6.03 Å². The van der Waals surface area contributed by atoms with Crippen LogP contribution in [0.15, 0.2) is 67.0 Å². The van der Waals surface area contributed by atoms with Gasteiger partial charge in [0.1, 0.15) is 17.6 Å². The summed E-state index contributed by atoms with van der Waals surface area (Å²) in [5.74, 6) is 1.51. The molecule has 3 aromatic rings. The summed E-state index contributed by atoms with van der Waals surface area (Å²) >= 11 is 0. The molecule has 0 spiro atoms. The summed E-state index contributed by atoms with van der Waals surface area (Å²) in [6.45, 7) is 4.17. The number of aryl methyl sites for hydroxylation is 1. The number of piperidine rings is 1. The van der Waals surface area contributed by atoms with Gasteiger partial charge in [-0.25, -0.2) is 9.78 Å². The second-order valence-electron chi connectivity index (χ2n) is 8.62. The highest BCUT2D eigenvalue weighted by Crippen LogP contribution is 2.26. The molecular formula is C26H33N5O2. The molecule has 2 heterocycles. The fraction of sp³-hybridized carbons (Fsp3) is 0.385. The predicted octanol–water partition coefficient (Wildman–Crippen LogP) is 4.04. The Hall–Kier alpha value is -3.32. The van der Waals surface area contributed by atoms with E-state index in [4.69, 9.17) is 4.74 Å². The fourth-order valence-electron chi connectivity index (χ4n) is 4.50. The Balaban J connectivity index is 1.38. The lowest BCUT2D eigenvalue weighted by Gasteiger charge is -2.36. The number of hydrogen-bond acceptors (Lipinski definition) is 4. The molecule has 7 heteroatoms. The SMILES string of the molecule is COc1cccc(C(NC(=O)NC2CCN(C(C)c3ccccc3)CC2)c2nccn2C)c1. The molecule has 2 amide bonds. The average molecular weight is 448 g/mol. The van der Waals surface area contributed by atoms with Crippen molar-refractivity contribution in [1.82, 2.24) is 25.1 Å². The molecule has 0 radical (unpaired) electrons. The predicted molar refractivity (Wildman–Crippen MR) is 129 cm³/mol. The molecule has 2 atom stereocenters.